The summed E-state index contributed by atoms with van der Waals surface area (Å²) < 4.78 is 71.2. The van der Waals surface area contributed by atoms with Crippen LogP contribution < -0.4 is 4.72 Å². The van der Waals surface area contributed by atoms with Gasteiger partial charge in [0, 0.05) is 48.6 Å². The average Bonchev–Trinajstić information content (AvgIpc) is 3.57. The molecule has 2 heterocycles. The van der Waals surface area contributed by atoms with E-state index in [0.717, 1.165) is 32.6 Å². The van der Waals surface area contributed by atoms with Gasteiger partial charge in [0.15, 0.2) is 0 Å². The summed E-state index contributed by atoms with van der Waals surface area (Å²) in [6, 6.07) is 12.3. The van der Waals surface area contributed by atoms with E-state index in [2.05, 4.69) is 4.72 Å². The molecule has 8 nitrogen and oxygen atoms in total. The average molecular weight is 606 g/mol. The highest BCUT2D eigenvalue weighted by Gasteiger charge is 2.49. The van der Waals surface area contributed by atoms with E-state index in [9.17, 15) is 31.2 Å². The van der Waals surface area contributed by atoms with Gasteiger partial charge in [-0.3, -0.25) is 9.59 Å². The molecule has 2 fully saturated rings. The Morgan fingerprint density at radius 3 is 2.33 bits per heavy atom. The fourth-order valence-corrected chi connectivity index (χ4v) is 7.52. The molecule has 1 aromatic heterocycles. The van der Waals surface area contributed by atoms with E-state index in [4.69, 9.17) is 5.11 Å². The molecule has 1 aliphatic carbocycles. The summed E-state index contributed by atoms with van der Waals surface area (Å²) in [7, 11) is -2.03. The molecule has 1 atom stereocenters. The number of carbonyl (C=O) groups excluding carboxylic acids is 1. The third-order valence-electron chi connectivity index (χ3n) is 8.52. The van der Waals surface area contributed by atoms with E-state index in [1.54, 1.807) is 18.2 Å². The summed E-state index contributed by atoms with van der Waals surface area (Å²) in [5.74, 6) is -1.86. The van der Waals surface area contributed by atoms with Crippen LogP contribution in [0.25, 0.3) is 22.2 Å². The van der Waals surface area contributed by atoms with Gasteiger partial charge in [-0.05, 0) is 74.3 Å². The zero-order valence-corrected chi connectivity index (χ0v) is 24.0. The lowest BCUT2D eigenvalue weighted by Crippen LogP contribution is -2.48. The molecule has 1 amide bonds. The van der Waals surface area contributed by atoms with Crippen molar-refractivity contribution in [1.29, 1.82) is 0 Å². The van der Waals surface area contributed by atoms with Crippen LogP contribution in [0.4, 0.5) is 13.2 Å². The first kappa shape index (κ1) is 30.1. The number of carboxylic acids is 1. The van der Waals surface area contributed by atoms with Crippen molar-refractivity contribution >= 4 is 32.8 Å². The predicted molar refractivity (Wildman–Crippen MR) is 151 cm³/mol. The van der Waals surface area contributed by atoms with Crippen molar-refractivity contribution in [1.82, 2.24) is 14.2 Å². The smallest absolute Gasteiger partial charge is 0.408 e. The largest absolute Gasteiger partial charge is 0.481 e. The number of amides is 1. The number of aliphatic carboxylic acids is 1. The lowest BCUT2D eigenvalue weighted by molar-refractivity contribution is -0.184. The fourth-order valence-electron chi connectivity index (χ4n) is 6.20. The number of aryl methyl sites for hydroxylation is 2. The van der Waals surface area contributed by atoms with Gasteiger partial charge in [0.1, 0.15) is 6.04 Å². The van der Waals surface area contributed by atoms with Crippen molar-refractivity contribution in [2.75, 3.05) is 6.54 Å². The van der Waals surface area contributed by atoms with Gasteiger partial charge in [0.05, 0.1) is 4.90 Å². The maximum Gasteiger partial charge on any atom is 0.408 e. The van der Waals surface area contributed by atoms with Crippen LogP contribution in [-0.4, -0.2) is 59.7 Å². The molecular formula is C30H34F3N3O5S. The number of halogens is 3. The number of rotatable bonds is 8. The number of nitrogens with one attached hydrogen (secondary N) is 1. The van der Waals surface area contributed by atoms with Crippen LogP contribution in [0.2, 0.25) is 0 Å². The van der Waals surface area contributed by atoms with E-state index in [1.807, 2.05) is 41.9 Å². The maximum absolute atomic E-state index is 13.3. The number of carboxylic acid groups (broad SMARTS) is 1. The molecule has 2 aromatic carbocycles. The van der Waals surface area contributed by atoms with Gasteiger partial charge in [-0.25, -0.2) is 13.1 Å². The van der Waals surface area contributed by atoms with E-state index >= 15 is 0 Å². The van der Waals surface area contributed by atoms with Crippen LogP contribution in [-0.2, 0) is 33.1 Å². The zero-order valence-electron chi connectivity index (χ0n) is 23.2. The summed E-state index contributed by atoms with van der Waals surface area (Å²) in [6.07, 6.45) is -2.26. The van der Waals surface area contributed by atoms with E-state index < -0.39 is 46.1 Å². The Morgan fingerprint density at radius 2 is 1.69 bits per heavy atom. The first-order valence-electron chi connectivity index (χ1n) is 14.1. The Bertz CT molecular complexity index is 1580. The van der Waals surface area contributed by atoms with Crippen LogP contribution in [0.5, 0.6) is 0 Å². The molecule has 2 aliphatic rings. The number of nitrogens with zero attached hydrogens (tertiary/aromatic N) is 2. The monoisotopic (exact) mass is 605 g/mol. The highest BCUT2D eigenvalue weighted by molar-refractivity contribution is 7.89. The van der Waals surface area contributed by atoms with Crippen molar-refractivity contribution in [3.63, 3.8) is 0 Å². The summed E-state index contributed by atoms with van der Waals surface area (Å²) in [5.41, 5.74) is 3.43. The second-order valence-electron chi connectivity index (χ2n) is 11.3. The first-order chi connectivity index (χ1) is 19.8. The van der Waals surface area contributed by atoms with Gasteiger partial charge in [0.2, 0.25) is 15.9 Å². The molecule has 3 aromatic rings. The summed E-state index contributed by atoms with van der Waals surface area (Å²) in [4.78, 5) is 24.8. The molecule has 0 radical (unpaired) electrons. The number of aromatic nitrogens is 1. The summed E-state index contributed by atoms with van der Waals surface area (Å²) in [5, 5.41) is 9.76. The van der Waals surface area contributed by atoms with Crippen molar-refractivity contribution < 1.29 is 36.3 Å². The molecule has 0 bridgehead atoms. The van der Waals surface area contributed by atoms with E-state index in [1.165, 1.54) is 0 Å². The Kier molecular flexibility index (Phi) is 8.39. The molecule has 42 heavy (non-hydrogen) atoms. The number of sulfonamides is 1. The van der Waals surface area contributed by atoms with Crippen molar-refractivity contribution in [2.24, 2.45) is 13.0 Å². The predicted octanol–water partition coefficient (Wildman–Crippen LogP) is 5.25. The molecular weight excluding hydrogens is 571 g/mol. The minimum atomic E-state index is -4.44. The highest BCUT2D eigenvalue weighted by atomic mass is 32.2. The standard InChI is InChI=1S/C30H34F3N3O5S/c1-35-25(20-7-4-19(5-8-20)6-15-28(37)38)17-22-11-14-24(18-26(22)35)42(40,41)34-23-12-9-21(10-13-23)29(39)36-16-2-3-27(36)30(31,32)33/h4-5,7-8,11,14,17-18,21,23,27,34H,2-3,6,9-10,12-13,15-16H2,1H3,(H,37,38)/t21-,23-,27-/m1/s1. The van der Waals surface area contributed by atoms with Gasteiger partial charge in [0.25, 0.3) is 0 Å². The van der Waals surface area contributed by atoms with Crippen molar-refractivity contribution in [3.05, 3.63) is 54.1 Å². The Morgan fingerprint density at radius 1 is 1.00 bits per heavy atom. The number of benzene rings is 2. The summed E-state index contributed by atoms with van der Waals surface area (Å²) in [6.45, 7) is 0.108. The molecule has 1 saturated carbocycles. The van der Waals surface area contributed by atoms with Gasteiger partial charge in [-0.1, -0.05) is 30.3 Å². The van der Waals surface area contributed by atoms with Crippen molar-refractivity contribution in [2.45, 2.75) is 74.5 Å². The normalized spacial score (nSPS) is 21.6. The maximum atomic E-state index is 13.3. The lowest BCUT2D eigenvalue weighted by atomic mass is 9.85. The van der Waals surface area contributed by atoms with Gasteiger partial charge in [-0.2, -0.15) is 13.2 Å². The second-order valence-corrected chi connectivity index (χ2v) is 13.0. The minimum Gasteiger partial charge on any atom is -0.481 e. The van der Waals surface area contributed by atoms with E-state index in [0.29, 0.717) is 38.5 Å². The highest BCUT2D eigenvalue weighted by Crippen LogP contribution is 2.36. The topological polar surface area (TPSA) is 109 Å². The number of fused-ring (bicyclic) bond motifs is 1. The molecule has 226 valence electrons. The zero-order chi connectivity index (χ0) is 30.2. The molecule has 5 rings (SSSR count). The van der Waals surface area contributed by atoms with Crippen LogP contribution in [0.3, 0.4) is 0 Å². The molecule has 0 spiro atoms. The number of hydrogen-bond acceptors (Lipinski definition) is 4. The van der Waals surface area contributed by atoms with Crippen LogP contribution in [0, 0.1) is 5.92 Å². The van der Waals surface area contributed by atoms with Crippen LogP contribution in [0.15, 0.2) is 53.4 Å². The van der Waals surface area contributed by atoms with Crippen LogP contribution >= 0.6 is 0 Å². The number of carbonyl (C=O) groups is 2. The van der Waals surface area contributed by atoms with Crippen LogP contribution in [0.1, 0.15) is 50.5 Å². The van der Waals surface area contributed by atoms with Gasteiger partial charge >= 0.3 is 12.1 Å². The van der Waals surface area contributed by atoms with Crippen molar-refractivity contribution in [3.8, 4) is 11.3 Å². The molecule has 12 heteroatoms. The molecule has 0 unspecified atom stereocenters. The minimum absolute atomic E-state index is 0.0548. The Balaban J connectivity index is 1.24. The lowest BCUT2D eigenvalue weighted by Gasteiger charge is -2.33. The van der Waals surface area contributed by atoms with Gasteiger partial charge < -0.3 is 14.6 Å². The molecule has 1 saturated heterocycles. The third-order valence-corrected chi connectivity index (χ3v) is 10.0. The number of hydrogen-bond donors (Lipinski definition) is 2. The second kappa shape index (κ2) is 11.7. The number of alkyl halides is 3. The third kappa shape index (κ3) is 6.34. The Labute approximate surface area is 242 Å². The SMILES string of the molecule is Cn1c(-c2ccc(CCC(=O)O)cc2)cc2ccc(S(=O)(=O)N[C@H]3CC[C@H](C(=O)N4CCC[C@@H]4C(F)(F)F)CC3)cc21. The van der Waals surface area contributed by atoms with E-state index in [-0.39, 0.29) is 24.3 Å². The fraction of sp³-hybridized carbons (Fsp3) is 0.467. The molecule has 1 aliphatic heterocycles. The van der Waals surface area contributed by atoms with Gasteiger partial charge in [-0.15, -0.1) is 0 Å². The summed E-state index contributed by atoms with van der Waals surface area (Å²) >= 11 is 0. The Hall–Kier alpha value is -3.38. The quantitative estimate of drug-likeness (QED) is 0.365. The first-order valence-corrected chi connectivity index (χ1v) is 15.6. The number of likely N-dealkylation sites (tertiary alicyclic amines) is 1. The molecule has 2 N–H and O–H groups in total.